The van der Waals surface area contributed by atoms with Gasteiger partial charge in [-0.2, -0.15) is 0 Å². The molecule has 1 aliphatic rings. The summed E-state index contributed by atoms with van der Waals surface area (Å²) < 4.78 is 2.34. The SMILES string of the molecule is Cc1cc(C(=O)O)cc2c1-c1c(-c3ccccc3)ccn1C[C@H]2C(C)(C)C. The molecular formula is C24H25NO2. The molecule has 4 rings (SSSR count). The molecule has 1 N–H and O–H groups in total. The van der Waals surface area contributed by atoms with Crippen molar-refractivity contribution < 1.29 is 9.90 Å². The van der Waals surface area contributed by atoms with Crippen LogP contribution >= 0.6 is 0 Å². The molecular weight excluding hydrogens is 334 g/mol. The number of aromatic nitrogens is 1. The standard InChI is InChI=1S/C24H25NO2/c1-15-12-17(23(26)27)13-19-20(24(2,3)4)14-25-11-10-18(22(25)21(15)19)16-8-6-5-7-9-16/h5-13,20H,14H2,1-4H3,(H,26,27)/t20-/m1/s1. The van der Waals surface area contributed by atoms with Crippen molar-refractivity contribution in [1.29, 1.82) is 0 Å². The van der Waals surface area contributed by atoms with Crippen molar-refractivity contribution >= 4 is 5.97 Å². The average molecular weight is 359 g/mol. The second-order valence-corrected chi connectivity index (χ2v) is 8.58. The minimum atomic E-state index is -0.863. The van der Waals surface area contributed by atoms with Crippen LogP contribution in [0.1, 0.15) is 48.2 Å². The van der Waals surface area contributed by atoms with Gasteiger partial charge in [-0.25, -0.2) is 4.79 Å². The number of rotatable bonds is 2. The highest BCUT2D eigenvalue weighted by Crippen LogP contribution is 2.49. The number of hydrogen-bond donors (Lipinski definition) is 1. The van der Waals surface area contributed by atoms with E-state index >= 15 is 0 Å². The Labute approximate surface area is 160 Å². The number of aryl methyl sites for hydroxylation is 1. The minimum absolute atomic E-state index is 0.0349. The third kappa shape index (κ3) is 2.87. The Kier molecular flexibility index (Phi) is 3.99. The van der Waals surface area contributed by atoms with Gasteiger partial charge in [-0.1, -0.05) is 51.1 Å². The number of carboxylic acid groups (broad SMARTS) is 1. The van der Waals surface area contributed by atoms with Crippen LogP contribution in [0.15, 0.2) is 54.7 Å². The first-order valence-electron chi connectivity index (χ1n) is 9.40. The molecule has 3 nitrogen and oxygen atoms in total. The van der Waals surface area contributed by atoms with Crippen molar-refractivity contribution in [2.75, 3.05) is 0 Å². The van der Waals surface area contributed by atoms with Crippen molar-refractivity contribution in [2.24, 2.45) is 5.41 Å². The van der Waals surface area contributed by atoms with E-state index < -0.39 is 5.97 Å². The van der Waals surface area contributed by atoms with Crippen LogP contribution in [0.4, 0.5) is 0 Å². The summed E-state index contributed by atoms with van der Waals surface area (Å²) in [6.45, 7) is 9.59. The van der Waals surface area contributed by atoms with Crippen molar-refractivity contribution in [2.45, 2.75) is 40.2 Å². The number of nitrogens with zero attached hydrogens (tertiary/aromatic N) is 1. The van der Waals surface area contributed by atoms with E-state index in [4.69, 9.17) is 0 Å². The van der Waals surface area contributed by atoms with Crippen LogP contribution in [0.2, 0.25) is 0 Å². The first-order chi connectivity index (χ1) is 12.8. The van der Waals surface area contributed by atoms with Gasteiger partial charge in [0.05, 0.1) is 11.3 Å². The minimum Gasteiger partial charge on any atom is -0.478 e. The maximum absolute atomic E-state index is 11.7. The lowest BCUT2D eigenvalue weighted by atomic mass is 9.71. The van der Waals surface area contributed by atoms with Gasteiger partial charge in [0.1, 0.15) is 0 Å². The molecule has 2 heterocycles. The van der Waals surface area contributed by atoms with Crippen molar-refractivity contribution in [3.05, 3.63) is 71.4 Å². The van der Waals surface area contributed by atoms with Gasteiger partial charge in [0.15, 0.2) is 0 Å². The number of benzene rings is 2. The van der Waals surface area contributed by atoms with Crippen LogP contribution in [-0.4, -0.2) is 15.6 Å². The lowest BCUT2D eigenvalue weighted by Gasteiger charge is -2.38. The fourth-order valence-electron chi connectivity index (χ4n) is 4.33. The number of carbonyl (C=O) groups is 1. The van der Waals surface area contributed by atoms with Crippen LogP contribution in [0.25, 0.3) is 22.4 Å². The van der Waals surface area contributed by atoms with Crippen LogP contribution in [0.3, 0.4) is 0 Å². The lowest BCUT2D eigenvalue weighted by Crippen LogP contribution is -2.28. The van der Waals surface area contributed by atoms with Gasteiger partial charge < -0.3 is 9.67 Å². The maximum Gasteiger partial charge on any atom is 0.335 e. The van der Waals surface area contributed by atoms with Crippen molar-refractivity contribution in [3.63, 3.8) is 0 Å². The molecule has 1 aliphatic heterocycles. The van der Waals surface area contributed by atoms with Gasteiger partial charge in [-0.15, -0.1) is 0 Å². The molecule has 3 aromatic rings. The molecule has 0 spiro atoms. The molecule has 1 atom stereocenters. The van der Waals surface area contributed by atoms with E-state index in [2.05, 4.69) is 61.9 Å². The summed E-state index contributed by atoms with van der Waals surface area (Å²) >= 11 is 0. The second-order valence-electron chi connectivity index (χ2n) is 8.58. The summed E-state index contributed by atoms with van der Waals surface area (Å²) in [6, 6.07) is 16.3. The quantitative estimate of drug-likeness (QED) is 0.612. The van der Waals surface area contributed by atoms with Gasteiger partial charge in [0.25, 0.3) is 0 Å². The predicted molar refractivity (Wildman–Crippen MR) is 109 cm³/mol. The Bertz CT molecular complexity index is 1020. The normalized spacial score (nSPS) is 15.9. The van der Waals surface area contributed by atoms with Gasteiger partial charge >= 0.3 is 5.97 Å². The molecule has 0 saturated heterocycles. The smallest absolute Gasteiger partial charge is 0.335 e. The summed E-state index contributed by atoms with van der Waals surface area (Å²) in [4.78, 5) is 11.7. The molecule has 138 valence electrons. The maximum atomic E-state index is 11.7. The van der Waals surface area contributed by atoms with Crippen molar-refractivity contribution in [1.82, 2.24) is 4.57 Å². The summed E-state index contributed by atoms with van der Waals surface area (Å²) in [6.07, 6.45) is 2.17. The molecule has 0 saturated carbocycles. The highest BCUT2D eigenvalue weighted by atomic mass is 16.4. The molecule has 0 fully saturated rings. The second kappa shape index (κ2) is 6.12. The molecule has 0 aliphatic carbocycles. The van der Waals surface area contributed by atoms with Crippen LogP contribution in [0, 0.1) is 12.3 Å². The molecule has 1 aromatic heterocycles. The van der Waals surface area contributed by atoms with E-state index in [1.165, 1.54) is 22.4 Å². The first-order valence-corrected chi connectivity index (χ1v) is 9.40. The van der Waals surface area contributed by atoms with E-state index in [0.29, 0.717) is 5.56 Å². The van der Waals surface area contributed by atoms with Gasteiger partial charge in [-0.05, 0) is 47.2 Å². The average Bonchev–Trinajstić information content (AvgIpc) is 3.04. The monoisotopic (exact) mass is 359 g/mol. The molecule has 0 amide bonds. The van der Waals surface area contributed by atoms with Gasteiger partial charge in [-0.3, -0.25) is 0 Å². The third-order valence-corrected chi connectivity index (χ3v) is 5.70. The highest BCUT2D eigenvalue weighted by molar-refractivity contribution is 5.92. The van der Waals surface area contributed by atoms with E-state index in [-0.39, 0.29) is 11.3 Å². The zero-order valence-electron chi connectivity index (χ0n) is 16.3. The van der Waals surface area contributed by atoms with E-state index in [1.54, 1.807) is 6.07 Å². The Balaban J connectivity index is 2.02. The van der Waals surface area contributed by atoms with Gasteiger partial charge in [0.2, 0.25) is 0 Å². The molecule has 0 bridgehead atoms. The van der Waals surface area contributed by atoms with E-state index in [0.717, 1.165) is 17.7 Å². The molecule has 2 aromatic carbocycles. The number of hydrogen-bond acceptors (Lipinski definition) is 1. The largest absolute Gasteiger partial charge is 0.478 e. The Morgan fingerprint density at radius 1 is 1.11 bits per heavy atom. The fourth-order valence-corrected chi connectivity index (χ4v) is 4.33. The number of aromatic carboxylic acids is 1. The lowest BCUT2D eigenvalue weighted by molar-refractivity contribution is 0.0696. The molecule has 3 heteroatoms. The fraction of sp³-hybridized carbons (Fsp3) is 0.292. The number of fused-ring (bicyclic) bond motifs is 3. The number of carboxylic acids is 1. The Morgan fingerprint density at radius 2 is 1.81 bits per heavy atom. The zero-order chi connectivity index (χ0) is 19.3. The van der Waals surface area contributed by atoms with E-state index in [9.17, 15) is 9.90 Å². The van der Waals surface area contributed by atoms with E-state index in [1.807, 2.05) is 19.1 Å². The molecule has 0 radical (unpaired) electrons. The first kappa shape index (κ1) is 17.6. The topological polar surface area (TPSA) is 42.2 Å². The molecule has 27 heavy (non-hydrogen) atoms. The summed E-state index contributed by atoms with van der Waals surface area (Å²) in [7, 11) is 0. The van der Waals surface area contributed by atoms with Crippen LogP contribution in [-0.2, 0) is 6.54 Å². The zero-order valence-corrected chi connectivity index (χ0v) is 16.3. The highest BCUT2D eigenvalue weighted by Gasteiger charge is 2.35. The van der Waals surface area contributed by atoms with Crippen molar-refractivity contribution in [3.8, 4) is 22.4 Å². The predicted octanol–water partition coefficient (Wildman–Crippen LogP) is 5.97. The Morgan fingerprint density at radius 3 is 2.44 bits per heavy atom. The summed E-state index contributed by atoms with van der Waals surface area (Å²) in [5.74, 6) is -0.605. The third-order valence-electron chi connectivity index (χ3n) is 5.70. The van der Waals surface area contributed by atoms with Crippen LogP contribution in [0.5, 0.6) is 0 Å². The van der Waals surface area contributed by atoms with Crippen LogP contribution < -0.4 is 0 Å². The summed E-state index contributed by atoms with van der Waals surface area (Å²) in [5.41, 5.74) is 7.37. The molecule has 0 unspecified atom stereocenters. The Hall–Kier alpha value is -2.81. The summed E-state index contributed by atoms with van der Waals surface area (Å²) in [5, 5.41) is 9.58. The van der Waals surface area contributed by atoms with Gasteiger partial charge in [0, 0.05) is 29.8 Å².